The molecule has 0 atom stereocenters. The first-order chi connectivity index (χ1) is 8.72. The van der Waals surface area contributed by atoms with Gasteiger partial charge < -0.3 is 4.98 Å². The van der Waals surface area contributed by atoms with Crippen LogP contribution in [-0.4, -0.2) is 15.3 Å². The molecular weight excluding hydrogens is 248 g/mol. The summed E-state index contributed by atoms with van der Waals surface area (Å²) in [6, 6.07) is 10.8. The van der Waals surface area contributed by atoms with E-state index in [0.29, 0.717) is 24.4 Å². The monoisotopic (exact) mass is 262 g/mol. The van der Waals surface area contributed by atoms with Gasteiger partial charge in [0.15, 0.2) is 0 Å². The van der Waals surface area contributed by atoms with Gasteiger partial charge in [0.05, 0.1) is 5.69 Å². The van der Waals surface area contributed by atoms with Gasteiger partial charge in [-0.3, -0.25) is 9.36 Å². The minimum absolute atomic E-state index is 0.278. The molecule has 0 saturated heterocycles. The molecule has 1 N–H and O–H groups in total. The van der Waals surface area contributed by atoms with Gasteiger partial charge >= 0.3 is 5.69 Å². The van der Waals surface area contributed by atoms with E-state index in [0.717, 1.165) is 5.56 Å². The third kappa shape index (κ3) is 2.73. The largest absolute Gasteiger partial charge is 0.328 e. The smallest absolute Gasteiger partial charge is 0.307 e. The number of rotatable bonds is 4. The normalized spacial score (nSPS) is 10.5. The van der Waals surface area contributed by atoms with Crippen LogP contribution in [0.3, 0.4) is 0 Å². The number of benzene rings is 1. The van der Waals surface area contributed by atoms with Crippen LogP contribution < -0.4 is 11.2 Å². The zero-order valence-electron chi connectivity index (χ0n) is 9.80. The maximum atomic E-state index is 11.9. The summed E-state index contributed by atoms with van der Waals surface area (Å²) < 4.78 is 1.20. The zero-order chi connectivity index (χ0) is 13.0. The van der Waals surface area contributed by atoms with Crippen LogP contribution in [0.4, 0.5) is 0 Å². The first-order valence-corrected chi connectivity index (χ1v) is 6.36. The van der Waals surface area contributed by atoms with Crippen LogP contribution in [0.15, 0.2) is 46.0 Å². The van der Waals surface area contributed by atoms with Crippen LogP contribution in [0, 0.1) is 0 Å². The van der Waals surface area contributed by atoms with Crippen molar-refractivity contribution in [1.29, 1.82) is 0 Å². The molecule has 0 aliphatic heterocycles. The van der Waals surface area contributed by atoms with Crippen LogP contribution in [-0.2, 0) is 6.54 Å². The Balaban J connectivity index is 2.43. The molecule has 94 valence electrons. The molecule has 4 nitrogen and oxygen atoms in total. The first-order valence-electron chi connectivity index (χ1n) is 5.73. The Bertz CT molecular complexity index is 600. The van der Waals surface area contributed by atoms with Crippen molar-refractivity contribution >= 4 is 12.6 Å². The summed E-state index contributed by atoms with van der Waals surface area (Å²) in [4.78, 5) is 26.4. The molecule has 0 unspecified atom stereocenters. The summed E-state index contributed by atoms with van der Waals surface area (Å²) in [6.45, 7) is 0.396. The quantitative estimate of drug-likeness (QED) is 0.821. The van der Waals surface area contributed by atoms with E-state index in [2.05, 4.69) is 17.6 Å². The Labute approximate surface area is 110 Å². The molecule has 2 aromatic rings. The summed E-state index contributed by atoms with van der Waals surface area (Å²) in [5.74, 6) is 0.645. The highest BCUT2D eigenvalue weighted by Gasteiger charge is 2.05. The highest BCUT2D eigenvalue weighted by atomic mass is 32.1. The molecule has 1 aromatic carbocycles. The minimum atomic E-state index is -0.372. The number of thiol groups is 1. The third-order valence-corrected chi connectivity index (χ3v) is 2.96. The number of aromatic amines is 1. The number of nitrogens with zero attached hydrogens (tertiary/aromatic N) is 1. The van der Waals surface area contributed by atoms with Crippen LogP contribution >= 0.6 is 12.6 Å². The van der Waals surface area contributed by atoms with Gasteiger partial charge in [0.1, 0.15) is 0 Å². The molecular formula is C13H14N2O2S. The van der Waals surface area contributed by atoms with Gasteiger partial charge in [-0.05, 0) is 17.7 Å². The lowest BCUT2D eigenvalue weighted by Crippen LogP contribution is -2.34. The summed E-state index contributed by atoms with van der Waals surface area (Å²) in [5.41, 5.74) is 0.725. The third-order valence-electron chi connectivity index (χ3n) is 2.65. The van der Waals surface area contributed by atoms with Crippen molar-refractivity contribution < 1.29 is 0 Å². The molecule has 0 saturated carbocycles. The average Bonchev–Trinajstić information content (AvgIpc) is 2.39. The second kappa shape index (κ2) is 5.73. The summed E-state index contributed by atoms with van der Waals surface area (Å²) in [5, 5.41) is 0. The van der Waals surface area contributed by atoms with Gasteiger partial charge in [-0.15, -0.1) is 0 Å². The van der Waals surface area contributed by atoms with Crippen LogP contribution in [0.5, 0.6) is 0 Å². The van der Waals surface area contributed by atoms with Crippen molar-refractivity contribution in [1.82, 2.24) is 9.55 Å². The van der Waals surface area contributed by atoms with Crippen LogP contribution in [0.25, 0.3) is 11.3 Å². The van der Waals surface area contributed by atoms with Crippen molar-refractivity contribution in [3.05, 3.63) is 57.2 Å². The van der Waals surface area contributed by atoms with E-state index < -0.39 is 0 Å². The molecule has 0 spiro atoms. The van der Waals surface area contributed by atoms with Gasteiger partial charge in [0.2, 0.25) is 0 Å². The Morgan fingerprint density at radius 2 is 1.89 bits per heavy atom. The van der Waals surface area contributed by atoms with Crippen molar-refractivity contribution in [2.75, 3.05) is 5.75 Å². The molecule has 0 fully saturated rings. The Morgan fingerprint density at radius 1 is 1.17 bits per heavy atom. The van der Waals surface area contributed by atoms with E-state index >= 15 is 0 Å². The van der Waals surface area contributed by atoms with E-state index in [1.54, 1.807) is 0 Å². The maximum Gasteiger partial charge on any atom is 0.328 e. The van der Waals surface area contributed by atoms with Gasteiger partial charge in [-0.1, -0.05) is 30.3 Å². The Morgan fingerprint density at radius 3 is 2.50 bits per heavy atom. The fourth-order valence-electron chi connectivity index (χ4n) is 1.73. The van der Waals surface area contributed by atoms with Crippen molar-refractivity contribution in [2.45, 2.75) is 13.0 Å². The standard InChI is InChI=1S/C13H14N2O2S/c16-12-9-11(10-5-2-1-3-6-10)14-13(17)15(12)7-4-8-18/h1-3,5-6,9,18H,4,7-8H2,(H,14,17). The van der Waals surface area contributed by atoms with Crippen molar-refractivity contribution in [3.63, 3.8) is 0 Å². The average molecular weight is 262 g/mol. The van der Waals surface area contributed by atoms with E-state index in [1.165, 1.54) is 10.6 Å². The Kier molecular flexibility index (Phi) is 4.04. The van der Waals surface area contributed by atoms with Gasteiger partial charge in [0, 0.05) is 12.6 Å². The second-order valence-electron chi connectivity index (χ2n) is 3.92. The minimum Gasteiger partial charge on any atom is -0.307 e. The number of nitrogens with one attached hydrogen (secondary N) is 1. The lowest BCUT2D eigenvalue weighted by atomic mass is 10.1. The summed E-state index contributed by atoms with van der Waals surface area (Å²) >= 11 is 4.07. The highest BCUT2D eigenvalue weighted by Crippen LogP contribution is 2.12. The fourth-order valence-corrected chi connectivity index (χ4v) is 1.88. The van der Waals surface area contributed by atoms with Crippen molar-refractivity contribution in [2.24, 2.45) is 0 Å². The van der Waals surface area contributed by atoms with Crippen molar-refractivity contribution in [3.8, 4) is 11.3 Å². The number of aromatic nitrogens is 2. The molecule has 0 aliphatic rings. The predicted octanol–water partition coefficient (Wildman–Crippen LogP) is 1.52. The first kappa shape index (κ1) is 12.7. The van der Waals surface area contributed by atoms with Gasteiger partial charge in [-0.2, -0.15) is 12.6 Å². The number of hydrogen-bond donors (Lipinski definition) is 2. The second-order valence-corrected chi connectivity index (χ2v) is 4.37. The number of hydrogen-bond acceptors (Lipinski definition) is 3. The maximum absolute atomic E-state index is 11.9. The predicted molar refractivity (Wildman–Crippen MR) is 75.2 cm³/mol. The van der Waals surface area contributed by atoms with E-state index in [-0.39, 0.29) is 11.2 Å². The zero-order valence-corrected chi connectivity index (χ0v) is 10.7. The molecule has 2 rings (SSSR count). The van der Waals surface area contributed by atoms with E-state index in [1.807, 2.05) is 30.3 Å². The lowest BCUT2D eigenvalue weighted by Gasteiger charge is -2.05. The topological polar surface area (TPSA) is 54.9 Å². The fraction of sp³-hybridized carbons (Fsp3) is 0.231. The van der Waals surface area contributed by atoms with Gasteiger partial charge in [-0.25, -0.2) is 4.79 Å². The van der Waals surface area contributed by atoms with Gasteiger partial charge in [0.25, 0.3) is 5.56 Å². The molecule has 1 heterocycles. The van der Waals surface area contributed by atoms with Crippen LogP contribution in [0.2, 0.25) is 0 Å². The molecule has 0 bridgehead atoms. The molecule has 0 radical (unpaired) electrons. The molecule has 5 heteroatoms. The summed E-state index contributed by atoms with van der Waals surface area (Å²) in [6.07, 6.45) is 0.691. The SMILES string of the molecule is O=c1cc(-c2ccccc2)[nH]c(=O)n1CCCS. The lowest BCUT2D eigenvalue weighted by molar-refractivity contribution is 0.620. The van der Waals surface area contributed by atoms with Crippen LogP contribution in [0.1, 0.15) is 6.42 Å². The molecule has 18 heavy (non-hydrogen) atoms. The Hall–Kier alpha value is -1.75. The van der Waals surface area contributed by atoms with E-state index in [9.17, 15) is 9.59 Å². The highest BCUT2D eigenvalue weighted by molar-refractivity contribution is 7.80. The number of H-pyrrole nitrogens is 1. The molecule has 0 aliphatic carbocycles. The molecule has 1 aromatic heterocycles. The summed E-state index contributed by atoms with van der Waals surface area (Å²) in [7, 11) is 0. The molecule has 0 amide bonds. The van der Waals surface area contributed by atoms with E-state index in [4.69, 9.17) is 0 Å².